The zero-order chi connectivity index (χ0) is 26.1. The largest absolute Gasteiger partial charge is 0.508 e. The second-order valence-electron chi connectivity index (χ2n) is 9.50. The molecule has 194 valence electrons. The zero-order valence-electron chi connectivity index (χ0n) is 21.2. The van der Waals surface area contributed by atoms with Crippen molar-refractivity contribution in [2.45, 2.75) is 65.8 Å². The number of likely N-dealkylation sites (tertiary alicyclic amines) is 1. The number of ether oxygens (including phenoxy) is 1. The Morgan fingerprint density at radius 2 is 1.65 bits per heavy atom. The predicted molar refractivity (Wildman–Crippen MR) is 130 cm³/mol. The number of aliphatic hydroxyl groups is 2. The summed E-state index contributed by atoms with van der Waals surface area (Å²) in [7, 11) is 1.29. The third-order valence-corrected chi connectivity index (χ3v) is 4.39. The van der Waals surface area contributed by atoms with Gasteiger partial charge in [-0.1, -0.05) is 45.9 Å². The summed E-state index contributed by atoms with van der Waals surface area (Å²) >= 11 is 0. The Morgan fingerprint density at radius 3 is 2.15 bits per heavy atom. The third-order valence-electron chi connectivity index (χ3n) is 4.39. The molecular formula is C25H42N2O7. The van der Waals surface area contributed by atoms with Gasteiger partial charge in [0.2, 0.25) is 11.8 Å². The lowest BCUT2D eigenvalue weighted by Gasteiger charge is -2.22. The van der Waals surface area contributed by atoms with E-state index in [1.54, 1.807) is 18.2 Å². The molecule has 1 fully saturated rings. The number of amides is 2. The summed E-state index contributed by atoms with van der Waals surface area (Å²) in [5.41, 5.74) is 0.992. The number of hydrogen-bond donors (Lipinski definition) is 4. The molecule has 9 heteroatoms. The van der Waals surface area contributed by atoms with Crippen LogP contribution in [-0.2, 0) is 25.5 Å². The lowest BCUT2D eigenvalue weighted by molar-refractivity contribution is -0.150. The van der Waals surface area contributed by atoms with Crippen LogP contribution in [0, 0.1) is 5.41 Å². The number of methoxy groups -OCH3 is 1. The van der Waals surface area contributed by atoms with Crippen LogP contribution < -0.4 is 5.32 Å². The lowest BCUT2D eigenvalue weighted by atomic mass is 10.0. The molecule has 1 aromatic rings. The Hall–Kier alpha value is -2.65. The fraction of sp³-hybridized carbons (Fsp3) is 0.640. The van der Waals surface area contributed by atoms with E-state index in [2.05, 4.69) is 37.7 Å². The van der Waals surface area contributed by atoms with Gasteiger partial charge < -0.3 is 30.3 Å². The van der Waals surface area contributed by atoms with Gasteiger partial charge in [0.1, 0.15) is 11.8 Å². The summed E-state index contributed by atoms with van der Waals surface area (Å²) in [4.78, 5) is 37.1. The molecule has 0 bridgehead atoms. The van der Waals surface area contributed by atoms with Gasteiger partial charge >= 0.3 is 5.97 Å². The fourth-order valence-corrected chi connectivity index (χ4v) is 2.84. The Kier molecular flexibility index (Phi) is 15.6. The fourth-order valence-electron chi connectivity index (χ4n) is 2.84. The van der Waals surface area contributed by atoms with E-state index < -0.39 is 12.0 Å². The highest BCUT2D eigenvalue weighted by Crippen LogP contribution is 2.18. The van der Waals surface area contributed by atoms with Crippen molar-refractivity contribution in [2.75, 3.05) is 33.4 Å². The van der Waals surface area contributed by atoms with Crippen LogP contribution in [-0.4, -0.2) is 77.5 Å². The highest BCUT2D eigenvalue weighted by molar-refractivity contribution is 5.89. The summed E-state index contributed by atoms with van der Waals surface area (Å²) in [5.74, 6) is -1.08. The number of phenols is 1. The molecular weight excluding hydrogens is 440 g/mol. The maximum atomic E-state index is 12.2. The van der Waals surface area contributed by atoms with Crippen molar-refractivity contribution in [3.63, 3.8) is 0 Å². The summed E-state index contributed by atoms with van der Waals surface area (Å²) in [6, 6.07) is 5.96. The van der Waals surface area contributed by atoms with Gasteiger partial charge in [0.15, 0.2) is 0 Å². The molecule has 34 heavy (non-hydrogen) atoms. The topological polar surface area (TPSA) is 136 Å². The second-order valence-corrected chi connectivity index (χ2v) is 9.50. The van der Waals surface area contributed by atoms with Crippen LogP contribution in [0.3, 0.4) is 0 Å². The minimum absolute atomic E-state index is 0.0135. The third kappa shape index (κ3) is 14.5. The Bertz CT molecular complexity index is 737. The summed E-state index contributed by atoms with van der Waals surface area (Å²) in [6.07, 6.45) is 2.73. The van der Waals surface area contributed by atoms with Gasteiger partial charge in [-0.25, -0.2) is 4.79 Å². The highest BCUT2D eigenvalue weighted by atomic mass is 16.5. The number of rotatable bonds is 8. The minimum atomic E-state index is -0.567. The minimum Gasteiger partial charge on any atom is -0.508 e. The average molecular weight is 483 g/mol. The Labute approximate surface area is 203 Å². The van der Waals surface area contributed by atoms with Crippen molar-refractivity contribution in [2.24, 2.45) is 5.41 Å². The molecule has 1 aliphatic heterocycles. The van der Waals surface area contributed by atoms with Crippen molar-refractivity contribution in [3.05, 3.63) is 29.8 Å². The summed E-state index contributed by atoms with van der Waals surface area (Å²) in [5, 5.41) is 28.3. The number of aliphatic hydroxyl groups excluding tert-OH is 2. The number of para-hydroxylation sites is 1. The van der Waals surface area contributed by atoms with Crippen molar-refractivity contribution >= 4 is 17.8 Å². The molecule has 1 saturated heterocycles. The molecule has 0 spiro atoms. The Balaban J connectivity index is 0.000000824. The Morgan fingerprint density at radius 1 is 1.09 bits per heavy atom. The van der Waals surface area contributed by atoms with E-state index in [0.29, 0.717) is 23.9 Å². The predicted octanol–water partition coefficient (Wildman–Crippen LogP) is 2.02. The van der Waals surface area contributed by atoms with E-state index in [1.165, 1.54) is 18.1 Å². The first kappa shape index (κ1) is 31.4. The standard InChI is InChI=1S/C16H20N2O5.C5H12.C4H10O2/c1-23-16(22)12-6-4-8-18(12)15(21)10-17-14(20)9-11-5-2-3-7-13(11)19;1-5(2,3)4;5-3-1-2-4-6/h2-3,5,7,12,19H,4,6,8-10H2,1H3,(H,17,20);1-4H3;5-6H,1-4H2. The monoisotopic (exact) mass is 482 g/mol. The molecule has 2 amide bonds. The molecule has 0 aliphatic carbocycles. The van der Waals surface area contributed by atoms with E-state index in [-0.39, 0.29) is 43.7 Å². The molecule has 0 aromatic heterocycles. The molecule has 1 unspecified atom stereocenters. The number of benzene rings is 1. The average Bonchev–Trinajstić information content (AvgIpc) is 3.26. The van der Waals surface area contributed by atoms with Crippen molar-refractivity contribution in [1.29, 1.82) is 0 Å². The number of carbonyl (C=O) groups is 3. The summed E-state index contributed by atoms with van der Waals surface area (Å²) in [6.45, 7) is 9.44. The number of nitrogens with one attached hydrogen (secondary N) is 1. The normalized spacial score (nSPS) is 14.8. The summed E-state index contributed by atoms with van der Waals surface area (Å²) < 4.78 is 4.68. The zero-order valence-corrected chi connectivity index (χ0v) is 21.2. The van der Waals surface area contributed by atoms with Crippen molar-refractivity contribution in [1.82, 2.24) is 10.2 Å². The second kappa shape index (κ2) is 16.9. The van der Waals surface area contributed by atoms with Gasteiger partial charge in [-0.05, 0) is 37.2 Å². The van der Waals surface area contributed by atoms with Crippen LogP contribution in [0.15, 0.2) is 24.3 Å². The smallest absolute Gasteiger partial charge is 0.328 e. The van der Waals surface area contributed by atoms with Gasteiger partial charge in [0.05, 0.1) is 20.1 Å². The molecule has 1 atom stereocenters. The quantitative estimate of drug-likeness (QED) is 0.329. The molecule has 1 heterocycles. The maximum absolute atomic E-state index is 12.2. The van der Waals surface area contributed by atoms with Gasteiger partial charge in [0, 0.05) is 25.3 Å². The molecule has 0 saturated carbocycles. The first-order valence-electron chi connectivity index (χ1n) is 11.6. The van der Waals surface area contributed by atoms with Crippen LogP contribution in [0.2, 0.25) is 0 Å². The number of unbranched alkanes of at least 4 members (excludes halogenated alkanes) is 1. The van der Waals surface area contributed by atoms with Crippen LogP contribution in [0.25, 0.3) is 0 Å². The lowest BCUT2D eigenvalue weighted by Crippen LogP contribution is -2.46. The van der Waals surface area contributed by atoms with Crippen molar-refractivity contribution in [3.8, 4) is 5.75 Å². The van der Waals surface area contributed by atoms with Gasteiger partial charge in [-0.15, -0.1) is 0 Å². The molecule has 0 radical (unpaired) electrons. The molecule has 4 N–H and O–H groups in total. The van der Waals surface area contributed by atoms with Gasteiger partial charge in [-0.2, -0.15) is 0 Å². The van der Waals surface area contributed by atoms with Crippen LogP contribution in [0.5, 0.6) is 5.75 Å². The number of carbonyl (C=O) groups excluding carboxylic acids is 3. The van der Waals surface area contributed by atoms with Gasteiger partial charge in [0.25, 0.3) is 0 Å². The number of nitrogens with zero attached hydrogens (tertiary/aromatic N) is 1. The van der Waals surface area contributed by atoms with E-state index in [0.717, 1.165) is 19.3 Å². The first-order valence-corrected chi connectivity index (χ1v) is 11.6. The molecule has 1 aromatic carbocycles. The van der Waals surface area contributed by atoms with Crippen LogP contribution in [0.1, 0.15) is 58.9 Å². The number of esters is 1. The van der Waals surface area contributed by atoms with E-state index in [4.69, 9.17) is 10.2 Å². The SMILES string of the molecule is CC(C)(C)C.COC(=O)C1CCCN1C(=O)CNC(=O)Cc1ccccc1O.OCCCCO. The number of hydrogen-bond acceptors (Lipinski definition) is 7. The van der Waals surface area contributed by atoms with Crippen molar-refractivity contribution < 1.29 is 34.4 Å². The molecule has 1 aliphatic rings. The number of phenolic OH excluding ortho intramolecular Hbond substituents is 1. The molecule has 9 nitrogen and oxygen atoms in total. The number of aromatic hydroxyl groups is 1. The van der Waals surface area contributed by atoms with Crippen LogP contribution in [0.4, 0.5) is 0 Å². The van der Waals surface area contributed by atoms with Crippen LogP contribution >= 0.6 is 0 Å². The van der Waals surface area contributed by atoms with E-state index in [1.807, 2.05) is 0 Å². The van der Waals surface area contributed by atoms with E-state index >= 15 is 0 Å². The maximum Gasteiger partial charge on any atom is 0.328 e. The highest BCUT2D eigenvalue weighted by Gasteiger charge is 2.34. The first-order chi connectivity index (χ1) is 15.9. The van der Waals surface area contributed by atoms with E-state index in [9.17, 15) is 19.5 Å². The van der Waals surface area contributed by atoms with Gasteiger partial charge in [-0.3, -0.25) is 9.59 Å². The molecule has 2 rings (SSSR count).